The first-order chi connectivity index (χ1) is 7.70. The fourth-order valence-corrected chi connectivity index (χ4v) is 1.26. The second-order valence-electron chi connectivity index (χ2n) is 4.11. The third kappa shape index (κ3) is 4.98. The minimum absolute atomic E-state index is 0.0684. The molecule has 0 radical (unpaired) electrons. The second kappa shape index (κ2) is 7.06. The average molecular weight is 224 g/mol. The van der Waals surface area contributed by atoms with E-state index in [-0.39, 0.29) is 11.8 Å². The zero-order chi connectivity index (χ0) is 11.8. The van der Waals surface area contributed by atoms with Gasteiger partial charge < -0.3 is 15.1 Å². The highest BCUT2D eigenvalue weighted by Gasteiger charge is 2.04. The number of rotatable bonds is 7. The van der Waals surface area contributed by atoms with Gasteiger partial charge in [-0.3, -0.25) is 4.79 Å². The van der Waals surface area contributed by atoms with Crippen molar-refractivity contribution >= 4 is 5.91 Å². The Morgan fingerprint density at radius 3 is 2.88 bits per heavy atom. The zero-order valence-corrected chi connectivity index (χ0v) is 9.95. The number of amides is 1. The standard InChI is InChI=1S/C12H20N2O2/c1-10(2)12(15)14-6-3-5-13-8-11-4-7-16-9-11/h4,7,9-10,13H,3,5-6,8H2,1-2H3,(H,14,15). The van der Waals surface area contributed by atoms with Crippen LogP contribution in [0.5, 0.6) is 0 Å². The van der Waals surface area contributed by atoms with Gasteiger partial charge in [-0.05, 0) is 19.0 Å². The van der Waals surface area contributed by atoms with Crippen molar-refractivity contribution in [3.8, 4) is 0 Å². The Bertz CT molecular complexity index is 294. The van der Waals surface area contributed by atoms with E-state index >= 15 is 0 Å². The maximum atomic E-state index is 11.2. The van der Waals surface area contributed by atoms with Crippen LogP contribution in [0.1, 0.15) is 25.8 Å². The first-order valence-corrected chi connectivity index (χ1v) is 5.69. The highest BCUT2D eigenvalue weighted by molar-refractivity contribution is 5.77. The Balaban J connectivity index is 1.94. The Morgan fingerprint density at radius 2 is 2.25 bits per heavy atom. The summed E-state index contributed by atoms with van der Waals surface area (Å²) in [5.74, 6) is 0.189. The smallest absolute Gasteiger partial charge is 0.222 e. The molecule has 0 aliphatic rings. The van der Waals surface area contributed by atoms with Gasteiger partial charge >= 0.3 is 0 Å². The quantitative estimate of drug-likeness (QED) is 0.691. The van der Waals surface area contributed by atoms with Crippen LogP contribution in [-0.4, -0.2) is 19.0 Å². The predicted octanol–water partition coefficient (Wildman–Crippen LogP) is 1.53. The number of carbonyl (C=O) groups excluding carboxylic acids is 1. The second-order valence-corrected chi connectivity index (χ2v) is 4.11. The molecule has 4 heteroatoms. The highest BCUT2D eigenvalue weighted by atomic mass is 16.3. The molecule has 0 fully saturated rings. The van der Waals surface area contributed by atoms with Gasteiger partial charge in [-0.25, -0.2) is 0 Å². The minimum atomic E-state index is 0.0684. The molecule has 2 N–H and O–H groups in total. The summed E-state index contributed by atoms with van der Waals surface area (Å²) >= 11 is 0. The van der Waals surface area contributed by atoms with Crippen molar-refractivity contribution in [2.45, 2.75) is 26.8 Å². The van der Waals surface area contributed by atoms with E-state index in [1.165, 1.54) is 0 Å². The zero-order valence-electron chi connectivity index (χ0n) is 9.95. The molecule has 0 bridgehead atoms. The summed E-state index contributed by atoms with van der Waals surface area (Å²) in [4.78, 5) is 11.2. The van der Waals surface area contributed by atoms with E-state index in [9.17, 15) is 4.79 Å². The van der Waals surface area contributed by atoms with Crippen molar-refractivity contribution in [1.29, 1.82) is 0 Å². The number of hydrogen-bond donors (Lipinski definition) is 2. The Hall–Kier alpha value is -1.29. The Labute approximate surface area is 96.4 Å². The molecule has 1 heterocycles. The third-order valence-electron chi connectivity index (χ3n) is 2.26. The maximum Gasteiger partial charge on any atom is 0.222 e. The number of furan rings is 1. The van der Waals surface area contributed by atoms with Crippen molar-refractivity contribution in [2.24, 2.45) is 5.92 Å². The molecule has 0 aliphatic heterocycles. The molecule has 0 spiro atoms. The fraction of sp³-hybridized carbons (Fsp3) is 0.583. The molecule has 0 atom stereocenters. The van der Waals surface area contributed by atoms with Crippen molar-refractivity contribution in [3.63, 3.8) is 0 Å². The molecule has 1 aromatic rings. The lowest BCUT2D eigenvalue weighted by molar-refractivity contribution is -0.123. The minimum Gasteiger partial charge on any atom is -0.472 e. The topological polar surface area (TPSA) is 54.3 Å². The van der Waals surface area contributed by atoms with Gasteiger partial charge in [0.25, 0.3) is 0 Å². The van der Waals surface area contributed by atoms with E-state index in [0.717, 1.165) is 31.6 Å². The molecule has 1 aromatic heterocycles. The predicted molar refractivity (Wildman–Crippen MR) is 62.9 cm³/mol. The lowest BCUT2D eigenvalue weighted by atomic mass is 10.2. The summed E-state index contributed by atoms with van der Waals surface area (Å²) in [6.45, 7) is 6.23. The maximum absolute atomic E-state index is 11.2. The van der Waals surface area contributed by atoms with Crippen LogP contribution in [-0.2, 0) is 11.3 Å². The lowest BCUT2D eigenvalue weighted by Crippen LogP contribution is -2.30. The van der Waals surface area contributed by atoms with Crippen molar-refractivity contribution in [3.05, 3.63) is 24.2 Å². The van der Waals surface area contributed by atoms with E-state index in [1.54, 1.807) is 12.5 Å². The summed E-state index contributed by atoms with van der Waals surface area (Å²) in [6, 6.07) is 1.94. The lowest BCUT2D eigenvalue weighted by Gasteiger charge is -2.07. The number of nitrogens with one attached hydrogen (secondary N) is 2. The first-order valence-electron chi connectivity index (χ1n) is 5.69. The van der Waals surface area contributed by atoms with Crippen LogP contribution in [0.2, 0.25) is 0 Å². The molecule has 0 saturated heterocycles. The fourth-order valence-electron chi connectivity index (χ4n) is 1.26. The van der Waals surface area contributed by atoms with Crippen molar-refractivity contribution < 1.29 is 9.21 Å². The summed E-state index contributed by atoms with van der Waals surface area (Å²) in [5.41, 5.74) is 1.14. The van der Waals surface area contributed by atoms with Gasteiger partial charge in [-0.1, -0.05) is 13.8 Å². The summed E-state index contributed by atoms with van der Waals surface area (Å²) in [5, 5.41) is 6.16. The van der Waals surface area contributed by atoms with E-state index < -0.39 is 0 Å². The molecular weight excluding hydrogens is 204 g/mol. The molecule has 0 aromatic carbocycles. The van der Waals surface area contributed by atoms with E-state index in [1.807, 2.05) is 19.9 Å². The van der Waals surface area contributed by atoms with Crippen molar-refractivity contribution in [1.82, 2.24) is 10.6 Å². The van der Waals surface area contributed by atoms with Crippen LogP contribution in [0.25, 0.3) is 0 Å². The molecule has 0 aliphatic carbocycles. The summed E-state index contributed by atoms with van der Waals surface area (Å²) < 4.78 is 4.95. The largest absolute Gasteiger partial charge is 0.472 e. The van der Waals surface area contributed by atoms with Crippen LogP contribution in [0.15, 0.2) is 23.0 Å². The molecule has 0 saturated carbocycles. The number of hydrogen-bond acceptors (Lipinski definition) is 3. The molecule has 0 unspecified atom stereocenters. The van der Waals surface area contributed by atoms with E-state index in [4.69, 9.17) is 4.42 Å². The van der Waals surface area contributed by atoms with Gasteiger partial charge in [0.15, 0.2) is 0 Å². The van der Waals surface area contributed by atoms with Crippen LogP contribution in [0.4, 0.5) is 0 Å². The molecule has 90 valence electrons. The molecule has 1 amide bonds. The molecule has 1 rings (SSSR count). The summed E-state index contributed by atoms with van der Waals surface area (Å²) in [6.07, 6.45) is 4.34. The third-order valence-corrected chi connectivity index (χ3v) is 2.26. The highest BCUT2D eigenvalue weighted by Crippen LogP contribution is 1.98. The van der Waals surface area contributed by atoms with Gasteiger partial charge in [-0.15, -0.1) is 0 Å². The van der Waals surface area contributed by atoms with Crippen molar-refractivity contribution in [2.75, 3.05) is 13.1 Å². The van der Waals surface area contributed by atoms with Gasteiger partial charge in [0, 0.05) is 24.6 Å². The van der Waals surface area contributed by atoms with Gasteiger partial charge in [0.05, 0.1) is 12.5 Å². The summed E-state index contributed by atoms with van der Waals surface area (Å²) in [7, 11) is 0. The monoisotopic (exact) mass is 224 g/mol. The Kier molecular flexibility index (Phi) is 5.64. The van der Waals surface area contributed by atoms with Gasteiger partial charge in [0.2, 0.25) is 5.91 Å². The van der Waals surface area contributed by atoms with Crippen LogP contribution >= 0.6 is 0 Å². The number of carbonyl (C=O) groups is 1. The molecular formula is C12H20N2O2. The molecule has 16 heavy (non-hydrogen) atoms. The van der Waals surface area contributed by atoms with Crippen LogP contribution in [0.3, 0.4) is 0 Å². The average Bonchev–Trinajstić information content (AvgIpc) is 2.75. The van der Waals surface area contributed by atoms with E-state index in [0.29, 0.717) is 0 Å². The van der Waals surface area contributed by atoms with E-state index in [2.05, 4.69) is 10.6 Å². The Morgan fingerprint density at radius 1 is 1.44 bits per heavy atom. The first kappa shape index (κ1) is 12.8. The van der Waals surface area contributed by atoms with Crippen LogP contribution in [0, 0.1) is 5.92 Å². The van der Waals surface area contributed by atoms with Crippen LogP contribution < -0.4 is 10.6 Å². The normalized spacial score (nSPS) is 10.7. The van der Waals surface area contributed by atoms with Gasteiger partial charge in [0.1, 0.15) is 0 Å². The molecule has 4 nitrogen and oxygen atoms in total. The SMILES string of the molecule is CC(C)C(=O)NCCCNCc1ccoc1. The van der Waals surface area contributed by atoms with Gasteiger partial charge in [-0.2, -0.15) is 0 Å².